The third-order valence-corrected chi connectivity index (χ3v) is 7.67. The second-order valence-electron chi connectivity index (χ2n) is 9.11. The maximum Gasteiger partial charge on any atom is 0.332 e. The number of methoxy groups -OCH3 is 1. The van der Waals surface area contributed by atoms with E-state index in [0.717, 1.165) is 26.0 Å². The van der Waals surface area contributed by atoms with E-state index in [0.29, 0.717) is 54.9 Å². The largest absolute Gasteiger partial charge is 0.495 e. The smallest absolute Gasteiger partial charge is 0.332 e. The number of para-hydroxylation sites is 2. The number of hydrogen-bond donors (Lipinski definition) is 1. The van der Waals surface area contributed by atoms with Gasteiger partial charge in [0.15, 0.2) is 16.3 Å². The van der Waals surface area contributed by atoms with Gasteiger partial charge in [-0.2, -0.15) is 4.98 Å². The van der Waals surface area contributed by atoms with Crippen molar-refractivity contribution in [3.63, 3.8) is 0 Å². The van der Waals surface area contributed by atoms with E-state index < -0.39 is 5.69 Å². The molecule has 0 bridgehead atoms. The number of halogens is 1. The lowest BCUT2D eigenvalue weighted by atomic mass is 10.2. The van der Waals surface area contributed by atoms with E-state index in [4.69, 9.17) is 21.9 Å². The van der Waals surface area contributed by atoms with E-state index in [2.05, 4.69) is 31.0 Å². The quantitative estimate of drug-likeness (QED) is 0.351. The Labute approximate surface area is 233 Å². The van der Waals surface area contributed by atoms with E-state index in [9.17, 15) is 9.59 Å². The molecule has 0 radical (unpaired) electrons. The van der Waals surface area contributed by atoms with E-state index in [1.165, 1.54) is 11.6 Å². The number of imidazole rings is 1. The molecule has 2 aromatic carbocycles. The number of thiocarbonyl (C=S) groups is 1. The lowest BCUT2D eigenvalue weighted by molar-refractivity contribution is 0.386. The van der Waals surface area contributed by atoms with Crippen LogP contribution in [0.1, 0.15) is 5.56 Å². The van der Waals surface area contributed by atoms with Gasteiger partial charge in [-0.1, -0.05) is 40.2 Å². The Morgan fingerprint density at radius 1 is 1.03 bits per heavy atom. The Kier molecular flexibility index (Phi) is 7.26. The van der Waals surface area contributed by atoms with Gasteiger partial charge in [0.1, 0.15) is 5.75 Å². The van der Waals surface area contributed by atoms with Crippen molar-refractivity contribution < 1.29 is 4.74 Å². The minimum atomic E-state index is -0.403. The lowest BCUT2D eigenvalue weighted by Gasteiger charge is -2.37. The molecule has 4 aromatic rings. The third-order valence-electron chi connectivity index (χ3n) is 6.78. The second-order valence-corrected chi connectivity index (χ2v) is 10.4. The summed E-state index contributed by atoms with van der Waals surface area (Å²) >= 11 is 9.17. The van der Waals surface area contributed by atoms with E-state index in [1.807, 2.05) is 53.1 Å². The molecule has 10 nitrogen and oxygen atoms in total. The van der Waals surface area contributed by atoms with Gasteiger partial charge in [-0.25, -0.2) is 4.79 Å². The van der Waals surface area contributed by atoms with Crippen LogP contribution in [-0.4, -0.2) is 62.0 Å². The first-order chi connectivity index (χ1) is 18.3. The zero-order valence-electron chi connectivity index (χ0n) is 21.3. The molecule has 12 heteroatoms. The highest BCUT2D eigenvalue weighted by Crippen LogP contribution is 2.25. The molecule has 1 aliphatic rings. The monoisotopic (exact) mass is 597 g/mol. The molecule has 0 unspecified atom stereocenters. The molecule has 0 amide bonds. The number of hydrogen-bond acceptors (Lipinski definition) is 6. The zero-order valence-corrected chi connectivity index (χ0v) is 23.8. The van der Waals surface area contributed by atoms with Crippen LogP contribution in [0.4, 0.5) is 11.6 Å². The van der Waals surface area contributed by atoms with Gasteiger partial charge in [-0.3, -0.25) is 18.5 Å². The van der Waals surface area contributed by atoms with Crippen molar-refractivity contribution in [3.8, 4) is 5.75 Å². The SMILES string of the molecule is COc1ccccc1NC(=S)N1CCN(c2nc3c(c(=O)n(C)c(=O)n3C)n2Cc2ccc(Br)cc2)CC1. The van der Waals surface area contributed by atoms with Gasteiger partial charge in [0.25, 0.3) is 5.56 Å². The number of aromatic nitrogens is 4. The fraction of sp³-hybridized carbons (Fsp3) is 0.308. The highest BCUT2D eigenvalue weighted by Gasteiger charge is 2.26. The molecule has 0 spiro atoms. The number of aryl methyl sites for hydroxylation is 1. The summed E-state index contributed by atoms with van der Waals surface area (Å²) in [7, 11) is 4.77. The zero-order chi connectivity index (χ0) is 27.0. The molecule has 38 heavy (non-hydrogen) atoms. The van der Waals surface area contributed by atoms with Crippen LogP contribution in [0.3, 0.4) is 0 Å². The van der Waals surface area contributed by atoms with Crippen molar-refractivity contribution in [1.29, 1.82) is 0 Å². The molecule has 1 saturated heterocycles. The number of nitrogens with zero attached hydrogens (tertiary/aromatic N) is 6. The van der Waals surface area contributed by atoms with Crippen molar-refractivity contribution in [2.24, 2.45) is 14.1 Å². The molecule has 0 atom stereocenters. The van der Waals surface area contributed by atoms with Crippen LogP contribution in [0.25, 0.3) is 11.2 Å². The number of ether oxygens (including phenoxy) is 1. The molecule has 198 valence electrons. The summed E-state index contributed by atoms with van der Waals surface area (Å²) in [4.78, 5) is 34.9. The number of benzene rings is 2. The van der Waals surface area contributed by atoms with Crippen LogP contribution < -0.4 is 26.2 Å². The van der Waals surface area contributed by atoms with Crippen LogP contribution in [0.15, 0.2) is 62.6 Å². The fourth-order valence-electron chi connectivity index (χ4n) is 4.65. The maximum absolute atomic E-state index is 13.2. The predicted molar refractivity (Wildman–Crippen MR) is 156 cm³/mol. The molecule has 1 N–H and O–H groups in total. The molecular formula is C26H28BrN7O3S. The van der Waals surface area contributed by atoms with Gasteiger partial charge >= 0.3 is 5.69 Å². The first-order valence-corrected chi connectivity index (χ1v) is 13.3. The first kappa shape index (κ1) is 26.0. The number of fused-ring (bicyclic) bond motifs is 1. The molecule has 0 saturated carbocycles. The Morgan fingerprint density at radius 3 is 2.39 bits per heavy atom. The predicted octanol–water partition coefficient (Wildman–Crippen LogP) is 2.77. The van der Waals surface area contributed by atoms with Crippen molar-refractivity contribution in [3.05, 3.63) is 79.4 Å². The van der Waals surface area contributed by atoms with Crippen LogP contribution in [0.5, 0.6) is 5.75 Å². The van der Waals surface area contributed by atoms with Crippen LogP contribution >= 0.6 is 28.1 Å². The van der Waals surface area contributed by atoms with E-state index in [-0.39, 0.29) is 5.56 Å². The van der Waals surface area contributed by atoms with Gasteiger partial charge in [0.05, 0.1) is 19.3 Å². The van der Waals surface area contributed by atoms with Gasteiger partial charge in [0.2, 0.25) is 5.95 Å². The summed E-state index contributed by atoms with van der Waals surface area (Å²) in [6.45, 7) is 3.07. The number of nitrogens with one attached hydrogen (secondary N) is 1. The van der Waals surface area contributed by atoms with Gasteiger partial charge in [-0.15, -0.1) is 0 Å². The van der Waals surface area contributed by atoms with Crippen LogP contribution in [0.2, 0.25) is 0 Å². The van der Waals surface area contributed by atoms with E-state index in [1.54, 1.807) is 14.2 Å². The highest BCUT2D eigenvalue weighted by molar-refractivity contribution is 9.10. The minimum Gasteiger partial charge on any atom is -0.495 e. The summed E-state index contributed by atoms with van der Waals surface area (Å²) in [5.74, 6) is 1.38. The fourth-order valence-corrected chi connectivity index (χ4v) is 5.21. The molecule has 0 aliphatic carbocycles. The average molecular weight is 599 g/mol. The minimum absolute atomic E-state index is 0.361. The number of piperazine rings is 1. The van der Waals surface area contributed by atoms with Crippen LogP contribution in [-0.2, 0) is 20.6 Å². The normalized spacial score (nSPS) is 13.7. The summed E-state index contributed by atoms with van der Waals surface area (Å²) in [5, 5.41) is 3.91. The highest BCUT2D eigenvalue weighted by atomic mass is 79.9. The van der Waals surface area contributed by atoms with Crippen molar-refractivity contribution in [2.75, 3.05) is 43.5 Å². The van der Waals surface area contributed by atoms with Crippen molar-refractivity contribution in [2.45, 2.75) is 6.54 Å². The summed E-state index contributed by atoms with van der Waals surface area (Å²) in [6, 6.07) is 15.6. The molecule has 1 aliphatic heterocycles. The maximum atomic E-state index is 13.2. The van der Waals surface area contributed by atoms with Crippen molar-refractivity contribution >= 4 is 56.1 Å². The molecule has 1 fully saturated rings. The van der Waals surface area contributed by atoms with E-state index >= 15 is 0 Å². The Morgan fingerprint density at radius 2 is 1.71 bits per heavy atom. The Hall–Kier alpha value is -3.64. The molecule has 3 heterocycles. The molecular weight excluding hydrogens is 570 g/mol. The number of anilines is 2. The van der Waals surface area contributed by atoms with Gasteiger partial charge in [-0.05, 0) is 42.0 Å². The Bertz CT molecular complexity index is 1620. The summed E-state index contributed by atoms with van der Waals surface area (Å²) < 4.78 is 10.9. The van der Waals surface area contributed by atoms with Gasteiger partial charge in [0, 0.05) is 44.7 Å². The second kappa shape index (κ2) is 10.6. The molecule has 2 aromatic heterocycles. The molecule has 5 rings (SSSR count). The summed E-state index contributed by atoms with van der Waals surface area (Å²) in [5.41, 5.74) is 1.85. The Balaban J connectivity index is 1.44. The lowest BCUT2D eigenvalue weighted by Crippen LogP contribution is -2.50. The standard InChI is InChI=1S/C26H28BrN7O3S/c1-30-22-21(23(35)31(2)26(30)36)34(16-17-8-10-18(27)11-9-17)24(29-22)32-12-14-33(15-13-32)25(38)28-19-6-4-5-7-20(19)37-3/h4-11H,12-16H2,1-3H3,(H,28,38). The van der Waals surface area contributed by atoms with Crippen molar-refractivity contribution in [1.82, 2.24) is 23.6 Å². The summed E-state index contributed by atoms with van der Waals surface area (Å²) in [6.07, 6.45) is 0. The average Bonchev–Trinajstić information content (AvgIpc) is 3.31. The van der Waals surface area contributed by atoms with Gasteiger partial charge < -0.3 is 19.9 Å². The third kappa shape index (κ3) is 4.81. The first-order valence-electron chi connectivity index (χ1n) is 12.1. The topological polar surface area (TPSA) is 89.6 Å². The van der Waals surface area contributed by atoms with Crippen LogP contribution in [0, 0.1) is 0 Å². The number of rotatable bonds is 5.